The van der Waals surface area contributed by atoms with Crippen LogP contribution in [0.15, 0.2) is 42.7 Å². The van der Waals surface area contributed by atoms with E-state index in [2.05, 4.69) is 4.98 Å². The molecule has 0 aliphatic rings. The van der Waals surface area contributed by atoms with Gasteiger partial charge in [-0.1, -0.05) is 0 Å². The molecular weight excluding hydrogens is 320 g/mol. The van der Waals surface area contributed by atoms with E-state index < -0.39 is 5.82 Å². The Balaban J connectivity index is 2.46. The minimum Gasteiger partial charge on any atom is -0.289 e. The zero-order valence-corrected chi connectivity index (χ0v) is 10.3. The molecule has 2 rings (SSSR count). The predicted molar refractivity (Wildman–Crippen MR) is 66.8 cm³/mol. The highest BCUT2D eigenvalue weighted by atomic mass is 127. The first-order chi connectivity index (χ1) is 7.68. The molecule has 0 aliphatic heterocycles. The van der Waals surface area contributed by atoms with Gasteiger partial charge in [0.1, 0.15) is 5.82 Å². The summed E-state index contributed by atoms with van der Waals surface area (Å²) in [5.74, 6) is -0.593. The van der Waals surface area contributed by atoms with E-state index in [0.717, 1.165) is 3.57 Å². The SMILES string of the molecule is O=C(c1ccncc1)c1cc(F)ccc1I. The van der Waals surface area contributed by atoms with Crippen LogP contribution >= 0.6 is 22.6 Å². The van der Waals surface area contributed by atoms with Gasteiger partial charge >= 0.3 is 0 Å². The summed E-state index contributed by atoms with van der Waals surface area (Å²) in [5.41, 5.74) is 0.894. The molecule has 0 saturated heterocycles. The van der Waals surface area contributed by atoms with Gasteiger partial charge in [0.05, 0.1) is 0 Å². The summed E-state index contributed by atoms with van der Waals surface area (Å²) in [7, 11) is 0. The fraction of sp³-hybridized carbons (Fsp3) is 0. The van der Waals surface area contributed by atoms with Crippen LogP contribution in [0.25, 0.3) is 0 Å². The number of aromatic nitrogens is 1. The molecule has 0 unspecified atom stereocenters. The summed E-state index contributed by atoms with van der Waals surface area (Å²) in [6.07, 6.45) is 3.08. The number of halogens is 2. The second-order valence-corrected chi connectivity index (χ2v) is 4.35. The summed E-state index contributed by atoms with van der Waals surface area (Å²) in [5, 5.41) is 0. The molecule has 0 spiro atoms. The third-order valence-electron chi connectivity index (χ3n) is 2.12. The normalized spacial score (nSPS) is 10.1. The van der Waals surface area contributed by atoms with Crippen molar-refractivity contribution in [2.24, 2.45) is 0 Å². The van der Waals surface area contributed by atoms with Crippen molar-refractivity contribution in [2.45, 2.75) is 0 Å². The smallest absolute Gasteiger partial charge is 0.194 e. The first-order valence-electron chi connectivity index (χ1n) is 4.58. The fourth-order valence-corrected chi connectivity index (χ4v) is 1.91. The molecule has 80 valence electrons. The van der Waals surface area contributed by atoms with E-state index in [1.807, 2.05) is 22.6 Å². The Hall–Kier alpha value is -1.30. The number of pyridine rings is 1. The van der Waals surface area contributed by atoms with Gasteiger partial charge in [-0.3, -0.25) is 9.78 Å². The summed E-state index contributed by atoms with van der Waals surface area (Å²) in [6.45, 7) is 0. The quantitative estimate of drug-likeness (QED) is 0.627. The van der Waals surface area contributed by atoms with Crippen molar-refractivity contribution in [2.75, 3.05) is 0 Å². The van der Waals surface area contributed by atoms with Crippen molar-refractivity contribution in [3.63, 3.8) is 0 Å². The van der Waals surface area contributed by atoms with Crippen LogP contribution < -0.4 is 0 Å². The number of hydrogen-bond acceptors (Lipinski definition) is 2. The van der Waals surface area contributed by atoms with Crippen molar-refractivity contribution in [3.05, 3.63) is 63.2 Å². The average Bonchev–Trinajstić information content (AvgIpc) is 2.32. The van der Waals surface area contributed by atoms with Crippen LogP contribution in [0.4, 0.5) is 4.39 Å². The average molecular weight is 327 g/mol. The van der Waals surface area contributed by atoms with Crippen molar-refractivity contribution in [3.8, 4) is 0 Å². The maximum absolute atomic E-state index is 13.1. The number of nitrogens with zero attached hydrogens (tertiary/aromatic N) is 1. The van der Waals surface area contributed by atoms with Crippen LogP contribution in [-0.2, 0) is 0 Å². The van der Waals surface area contributed by atoms with Crippen LogP contribution in [-0.4, -0.2) is 10.8 Å². The Morgan fingerprint density at radius 1 is 1.19 bits per heavy atom. The highest BCUT2D eigenvalue weighted by molar-refractivity contribution is 14.1. The third kappa shape index (κ3) is 2.27. The predicted octanol–water partition coefficient (Wildman–Crippen LogP) is 3.06. The van der Waals surface area contributed by atoms with E-state index in [1.54, 1.807) is 30.6 Å². The van der Waals surface area contributed by atoms with Gasteiger partial charge in [0.25, 0.3) is 0 Å². The lowest BCUT2D eigenvalue weighted by atomic mass is 10.0. The molecule has 2 nitrogen and oxygen atoms in total. The van der Waals surface area contributed by atoms with Crippen molar-refractivity contribution in [1.29, 1.82) is 0 Å². The van der Waals surface area contributed by atoms with Gasteiger partial charge in [-0.25, -0.2) is 4.39 Å². The molecule has 2 aromatic rings. The maximum Gasteiger partial charge on any atom is 0.194 e. The van der Waals surface area contributed by atoms with Crippen LogP contribution in [0.1, 0.15) is 15.9 Å². The number of ketones is 1. The highest BCUT2D eigenvalue weighted by Gasteiger charge is 2.12. The molecule has 0 saturated carbocycles. The molecule has 16 heavy (non-hydrogen) atoms. The topological polar surface area (TPSA) is 30.0 Å². The lowest BCUT2D eigenvalue weighted by Gasteiger charge is -2.03. The first kappa shape index (κ1) is 11.2. The van der Waals surface area contributed by atoms with Gasteiger partial charge in [-0.2, -0.15) is 0 Å². The molecule has 0 aliphatic carbocycles. The molecule has 0 amide bonds. The molecule has 0 atom stereocenters. The molecule has 0 bridgehead atoms. The standard InChI is InChI=1S/C12H7FINO/c13-9-1-2-11(14)10(7-9)12(16)8-3-5-15-6-4-8/h1-7H. The lowest BCUT2D eigenvalue weighted by Crippen LogP contribution is -2.04. The van der Waals surface area contributed by atoms with Crippen molar-refractivity contribution >= 4 is 28.4 Å². The third-order valence-corrected chi connectivity index (χ3v) is 3.06. The minimum atomic E-state index is -0.405. The number of carbonyl (C=O) groups excluding carboxylic acids is 1. The van der Waals surface area contributed by atoms with Gasteiger partial charge in [-0.15, -0.1) is 0 Å². The minimum absolute atomic E-state index is 0.189. The van der Waals surface area contributed by atoms with E-state index in [4.69, 9.17) is 0 Å². The molecular formula is C12H7FINO. The van der Waals surface area contributed by atoms with Gasteiger partial charge in [0, 0.05) is 27.1 Å². The summed E-state index contributed by atoms with van der Waals surface area (Å²) >= 11 is 2.02. The molecule has 4 heteroatoms. The number of benzene rings is 1. The second-order valence-electron chi connectivity index (χ2n) is 3.19. The molecule has 1 aromatic heterocycles. The van der Waals surface area contributed by atoms with Crippen LogP contribution in [0.2, 0.25) is 0 Å². The van der Waals surface area contributed by atoms with Gasteiger partial charge in [0.2, 0.25) is 0 Å². The van der Waals surface area contributed by atoms with Gasteiger partial charge in [-0.05, 0) is 52.9 Å². The van der Waals surface area contributed by atoms with E-state index in [-0.39, 0.29) is 5.78 Å². The van der Waals surface area contributed by atoms with E-state index in [0.29, 0.717) is 11.1 Å². The monoisotopic (exact) mass is 327 g/mol. The largest absolute Gasteiger partial charge is 0.289 e. The molecule has 1 heterocycles. The summed E-state index contributed by atoms with van der Waals surface area (Å²) in [6, 6.07) is 7.41. The van der Waals surface area contributed by atoms with Gasteiger partial charge in [0.15, 0.2) is 5.78 Å². The van der Waals surface area contributed by atoms with E-state index in [9.17, 15) is 9.18 Å². The summed E-state index contributed by atoms with van der Waals surface area (Å²) < 4.78 is 13.8. The Labute approximate surface area is 106 Å². The highest BCUT2D eigenvalue weighted by Crippen LogP contribution is 2.17. The number of carbonyl (C=O) groups is 1. The zero-order chi connectivity index (χ0) is 11.5. The molecule has 1 aromatic carbocycles. The Morgan fingerprint density at radius 3 is 2.56 bits per heavy atom. The fourth-order valence-electron chi connectivity index (χ4n) is 1.33. The summed E-state index contributed by atoms with van der Waals surface area (Å²) in [4.78, 5) is 15.9. The van der Waals surface area contributed by atoms with Gasteiger partial charge < -0.3 is 0 Å². The lowest BCUT2D eigenvalue weighted by molar-refractivity contribution is 0.103. The Morgan fingerprint density at radius 2 is 1.88 bits per heavy atom. The van der Waals surface area contributed by atoms with Crippen molar-refractivity contribution in [1.82, 2.24) is 4.98 Å². The molecule has 0 fully saturated rings. The van der Waals surface area contributed by atoms with Crippen LogP contribution in [0.3, 0.4) is 0 Å². The zero-order valence-electron chi connectivity index (χ0n) is 8.15. The molecule has 0 radical (unpaired) electrons. The number of hydrogen-bond donors (Lipinski definition) is 0. The molecule has 0 N–H and O–H groups in total. The number of rotatable bonds is 2. The Kier molecular flexibility index (Phi) is 3.28. The van der Waals surface area contributed by atoms with E-state index in [1.165, 1.54) is 12.1 Å². The van der Waals surface area contributed by atoms with Crippen molar-refractivity contribution < 1.29 is 9.18 Å². The van der Waals surface area contributed by atoms with E-state index >= 15 is 0 Å². The Bertz CT molecular complexity index is 528. The maximum atomic E-state index is 13.1. The van der Waals surface area contributed by atoms with Crippen LogP contribution in [0, 0.1) is 9.39 Å². The first-order valence-corrected chi connectivity index (χ1v) is 5.66. The second kappa shape index (κ2) is 4.69. The van der Waals surface area contributed by atoms with Crippen LogP contribution in [0.5, 0.6) is 0 Å².